The molecule has 0 radical (unpaired) electrons. The van der Waals surface area contributed by atoms with Crippen LogP contribution >= 0.6 is 0 Å². The van der Waals surface area contributed by atoms with Crippen LogP contribution in [0.4, 0.5) is 0 Å². The predicted octanol–water partition coefficient (Wildman–Crippen LogP) is 2.64. The Labute approximate surface area is 166 Å². The molecule has 0 spiro atoms. The van der Waals surface area contributed by atoms with E-state index in [1.165, 1.54) is 11.9 Å². The van der Waals surface area contributed by atoms with Crippen molar-refractivity contribution in [1.82, 2.24) is 29.7 Å². The van der Waals surface area contributed by atoms with Crippen molar-refractivity contribution < 1.29 is 14.1 Å². The summed E-state index contributed by atoms with van der Waals surface area (Å²) in [6, 6.07) is 7.93. The number of carbonyl (C=O) groups is 1. The van der Waals surface area contributed by atoms with E-state index in [2.05, 4.69) is 32.1 Å². The van der Waals surface area contributed by atoms with Gasteiger partial charge in [0.15, 0.2) is 6.61 Å². The van der Waals surface area contributed by atoms with Crippen molar-refractivity contribution in [3.63, 3.8) is 0 Å². The summed E-state index contributed by atoms with van der Waals surface area (Å²) in [6.07, 6.45) is 2.46. The number of aromatic nitrogens is 6. The second-order valence-electron chi connectivity index (χ2n) is 6.63. The molecule has 1 aromatic carbocycles. The molecule has 0 N–H and O–H groups in total. The van der Waals surface area contributed by atoms with Crippen molar-refractivity contribution in [3.05, 3.63) is 59.0 Å². The molecule has 29 heavy (non-hydrogen) atoms. The largest absolute Gasteiger partial charge is 0.455 e. The molecule has 9 nitrogen and oxygen atoms in total. The van der Waals surface area contributed by atoms with E-state index in [0.717, 1.165) is 28.9 Å². The highest BCUT2D eigenvalue weighted by Crippen LogP contribution is 2.18. The number of esters is 1. The summed E-state index contributed by atoms with van der Waals surface area (Å²) in [4.78, 5) is 25.0. The van der Waals surface area contributed by atoms with Crippen molar-refractivity contribution in [2.45, 2.75) is 40.2 Å². The summed E-state index contributed by atoms with van der Waals surface area (Å²) < 4.78 is 12.1. The van der Waals surface area contributed by atoms with Crippen LogP contribution in [0.2, 0.25) is 0 Å². The van der Waals surface area contributed by atoms with Gasteiger partial charge in [-0.1, -0.05) is 36.3 Å². The molecule has 0 aliphatic heterocycles. The number of carbonyl (C=O) groups excluding carboxylic acids is 1. The molecule has 0 fully saturated rings. The third-order valence-corrected chi connectivity index (χ3v) is 4.75. The van der Waals surface area contributed by atoms with Gasteiger partial charge in [0.05, 0.1) is 6.42 Å². The van der Waals surface area contributed by atoms with Crippen LogP contribution < -0.4 is 0 Å². The first-order valence-corrected chi connectivity index (χ1v) is 9.28. The molecule has 9 heteroatoms. The summed E-state index contributed by atoms with van der Waals surface area (Å²) in [5.41, 5.74) is 4.36. The van der Waals surface area contributed by atoms with Gasteiger partial charge in [0.2, 0.25) is 5.82 Å². The average Bonchev–Trinajstić information content (AvgIpc) is 3.39. The summed E-state index contributed by atoms with van der Waals surface area (Å²) in [5.74, 6) is 0.796. The van der Waals surface area contributed by atoms with Gasteiger partial charge in [0.25, 0.3) is 11.7 Å². The summed E-state index contributed by atoms with van der Waals surface area (Å²) in [7, 11) is 0. The fourth-order valence-electron chi connectivity index (χ4n) is 3.07. The number of aryl methyl sites for hydroxylation is 3. The van der Waals surface area contributed by atoms with E-state index in [1.54, 1.807) is 4.52 Å². The molecular weight excluding hydrogens is 372 g/mol. The van der Waals surface area contributed by atoms with Crippen LogP contribution in [0.25, 0.3) is 17.2 Å². The minimum Gasteiger partial charge on any atom is -0.455 e. The lowest BCUT2D eigenvalue weighted by atomic mass is 10.1. The van der Waals surface area contributed by atoms with Crippen LogP contribution in [0.3, 0.4) is 0 Å². The van der Waals surface area contributed by atoms with Gasteiger partial charge in [0, 0.05) is 22.5 Å². The van der Waals surface area contributed by atoms with Crippen molar-refractivity contribution in [3.8, 4) is 11.4 Å². The highest BCUT2D eigenvalue weighted by Gasteiger charge is 2.16. The number of nitrogens with zero attached hydrogens (tertiary/aromatic N) is 6. The van der Waals surface area contributed by atoms with E-state index in [0.29, 0.717) is 11.6 Å². The lowest BCUT2D eigenvalue weighted by molar-refractivity contribution is -0.144. The molecule has 0 unspecified atom stereocenters. The molecule has 0 atom stereocenters. The van der Waals surface area contributed by atoms with Gasteiger partial charge in [-0.05, 0) is 25.8 Å². The molecule has 0 bridgehead atoms. The molecule has 3 aromatic heterocycles. The van der Waals surface area contributed by atoms with Crippen LogP contribution in [0, 0.1) is 13.8 Å². The third kappa shape index (κ3) is 3.84. The smallest absolute Gasteiger partial charge is 0.310 e. The van der Waals surface area contributed by atoms with Crippen LogP contribution in [-0.2, 0) is 29.0 Å². The zero-order valence-corrected chi connectivity index (χ0v) is 16.4. The van der Waals surface area contributed by atoms with Crippen molar-refractivity contribution >= 4 is 11.7 Å². The second kappa shape index (κ2) is 7.78. The van der Waals surface area contributed by atoms with Crippen LogP contribution in [0.15, 0.2) is 35.1 Å². The van der Waals surface area contributed by atoms with E-state index in [-0.39, 0.29) is 18.9 Å². The van der Waals surface area contributed by atoms with Crippen LogP contribution in [-0.4, -0.2) is 35.7 Å². The lowest BCUT2D eigenvalue weighted by Crippen LogP contribution is -2.13. The standard InChI is InChI=1S/C20H20N6O3/c1-4-14-5-7-15(8-6-14)19-24-17(29-25-19)10-28-18(27)9-16-12(2)23-20-21-11-22-26(20)13(16)3/h5-8,11H,4,9-10H2,1-3H3. The van der Waals surface area contributed by atoms with Gasteiger partial charge >= 0.3 is 5.97 Å². The number of rotatable bonds is 6. The number of benzene rings is 1. The molecule has 3 heterocycles. The van der Waals surface area contributed by atoms with Gasteiger partial charge in [0.1, 0.15) is 6.33 Å². The predicted molar refractivity (Wildman–Crippen MR) is 103 cm³/mol. The molecule has 0 aliphatic carbocycles. The van der Waals surface area contributed by atoms with E-state index >= 15 is 0 Å². The highest BCUT2D eigenvalue weighted by molar-refractivity contribution is 5.73. The molecule has 4 aromatic rings. The van der Waals surface area contributed by atoms with Gasteiger partial charge in [-0.2, -0.15) is 15.1 Å². The number of fused-ring (bicyclic) bond motifs is 1. The molecule has 0 amide bonds. The highest BCUT2D eigenvalue weighted by atomic mass is 16.6. The maximum Gasteiger partial charge on any atom is 0.310 e. The monoisotopic (exact) mass is 392 g/mol. The zero-order chi connectivity index (χ0) is 20.4. The van der Waals surface area contributed by atoms with Gasteiger partial charge in [-0.25, -0.2) is 9.50 Å². The summed E-state index contributed by atoms with van der Waals surface area (Å²) in [5, 5.41) is 8.08. The quantitative estimate of drug-likeness (QED) is 0.461. The lowest BCUT2D eigenvalue weighted by Gasteiger charge is -2.09. The van der Waals surface area contributed by atoms with Crippen LogP contribution in [0.1, 0.15) is 35.3 Å². The van der Waals surface area contributed by atoms with Gasteiger partial charge in [-0.15, -0.1) is 0 Å². The third-order valence-electron chi connectivity index (χ3n) is 4.75. The Bertz CT molecular complexity index is 1160. The minimum atomic E-state index is -0.412. The van der Waals surface area contributed by atoms with E-state index in [1.807, 2.05) is 38.1 Å². The Kier molecular flexibility index (Phi) is 5.03. The molecule has 0 saturated heterocycles. The Morgan fingerprint density at radius 1 is 1.17 bits per heavy atom. The second-order valence-corrected chi connectivity index (χ2v) is 6.63. The van der Waals surface area contributed by atoms with Crippen molar-refractivity contribution in [1.29, 1.82) is 0 Å². The van der Waals surface area contributed by atoms with Crippen molar-refractivity contribution in [2.24, 2.45) is 0 Å². The van der Waals surface area contributed by atoms with Gasteiger partial charge in [-0.3, -0.25) is 4.79 Å². The zero-order valence-electron chi connectivity index (χ0n) is 16.4. The molecule has 0 saturated carbocycles. The Hall–Kier alpha value is -3.62. The normalized spacial score (nSPS) is 11.1. The first-order chi connectivity index (χ1) is 14.0. The molecule has 4 rings (SSSR count). The first kappa shape index (κ1) is 18.7. The van der Waals surface area contributed by atoms with E-state index < -0.39 is 5.97 Å². The Morgan fingerprint density at radius 3 is 2.72 bits per heavy atom. The SMILES string of the molecule is CCc1ccc(-c2noc(COC(=O)Cc3c(C)nc4ncnn4c3C)n2)cc1. The molecule has 148 valence electrons. The van der Waals surface area contributed by atoms with E-state index in [4.69, 9.17) is 9.26 Å². The number of hydrogen-bond acceptors (Lipinski definition) is 8. The minimum absolute atomic E-state index is 0.0694. The maximum atomic E-state index is 12.3. The van der Waals surface area contributed by atoms with Crippen molar-refractivity contribution in [2.75, 3.05) is 0 Å². The molecular formula is C20H20N6O3. The summed E-state index contributed by atoms with van der Waals surface area (Å²) >= 11 is 0. The topological polar surface area (TPSA) is 108 Å². The molecule has 0 aliphatic rings. The fourth-order valence-corrected chi connectivity index (χ4v) is 3.07. The average molecular weight is 392 g/mol. The maximum absolute atomic E-state index is 12.3. The summed E-state index contributed by atoms with van der Waals surface area (Å²) in [6.45, 7) is 5.71. The van der Waals surface area contributed by atoms with Crippen LogP contribution in [0.5, 0.6) is 0 Å². The van der Waals surface area contributed by atoms with E-state index in [9.17, 15) is 4.79 Å². The van der Waals surface area contributed by atoms with Gasteiger partial charge < -0.3 is 9.26 Å². The Morgan fingerprint density at radius 2 is 1.97 bits per heavy atom. The number of hydrogen-bond donors (Lipinski definition) is 0. The first-order valence-electron chi connectivity index (χ1n) is 9.28. The fraction of sp³-hybridized carbons (Fsp3) is 0.300. The Balaban J connectivity index is 1.41. The number of ether oxygens (including phenoxy) is 1.